The van der Waals surface area contributed by atoms with Gasteiger partial charge in [0.05, 0.1) is 18.0 Å². The lowest BCUT2D eigenvalue weighted by atomic mass is 10.0. The smallest absolute Gasteiger partial charge is 0.121 e. The molecule has 0 aliphatic rings. The third-order valence-corrected chi connectivity index (χ3v) is 3.19. The molecule has 0 atom stereocenters. The molecule has 0 saturated heterocycles. The van der Waals surface area contributed by atoms with Gasteiger partial charge in [-0.1, -0.05) is 26.0 Å². The number of ether oxygens (including phenoxy) is 1. The number of hydrogen-bond donors (Lipinski definition) is 2. The lowest BCUT2D eigenvalue weighted by Gasteiger charge is -2.13. The summed E-state index contributed by atoms with van der Waals surface area (Å²) >= 11 is 0. The molecule has 0 aliphatic heterocycles. The van der Waals surface area contributed by atoms with E-state index in [4.69, 9.17) is 10.5 Å². The van der Waals surface area contributed by atoms with Crippen molar-refractivity contribution in [1.29, 1.82) is 0 Å². The fraction of sp³-hybridized carbons (Fsp3) is 0.294. The molecule has 2 rings (SSSR count). The summed E-state index contributed by atoms with van der Waals surface area (Å²) in [5.74, 6) is 1.36. The summed E-state index contributed by atoms with van der Waals surface area (Å²) in [6, 6.07) is 14.1. The Hall–Kier alpha value is -2.16. The first kappa shape index (κ1) is 14.3. The van der Waals surface area contributed by atoms with Gasteiger partial charge in [-0.15, -0.1) is 0 Å². The van der Waals surface area contributed by atoms with Crippen LogP contribution in [-0.4, -0.2) is 6.61 Å². The Kier molecular flexibility index (Phi) is 4.51. The fourth-order valence-corrected chi connectivity index (χ4v) is 2.01. The molecule has 0 aromatic heterocycles. The third-order valence-electron chi connectivity index (χ3n) is 3.19. The Bertz CT molecular complexity index is 562. The molecule has 3 N–H and O–H groups in total. The van der Waals surface area contributed by atoms with Crippen LogP contribution in [0.25, 0.3) is 0 Å². The summed E-state index contributed by atoms with van der Waals surface area (Å²) in [5.41, 5.74) is 9.92. The number of anilines is 3. The van der Waals surface area contributed by atoms with Gasteiger partial charge >= 0.3 is 0 Å². The molecule has 2 aromatic carbocycles. The lowest BCUT2D eigenvalue weighted by Crippen LogP contribution is -1.98. The summed E-state index contributed by atoms with van der Waals surface area (Å²) in [4.78, 5) is 0. The standard InChI is InChI=1S/C17H22N2O/c1-4-20-15-9-10-16(18)17(11-15)19-14-7-5-13(6-8-14)12(2)3/h5-12,19H,4,18H2,1-3H3. The Morgan fingerprint density at radius 2 is 1.80 bits per heavy atom. The number of nitrogens with two attached hydrogens (primary N) is 1. The average Bonchev–Trinajstić information content (AvgIpc) is 2.43. The summed E-state index contributed by atoms with van der Waals surface area (Å²) in [7, 11) is 0. The molecule has 0 fully saturated rings. The van der Waals surface area contributed by atoms with Crippen LogP contribution in [0.2, 0.25) is 0 Å². The third kappa shape index (κ3) is 3.44. The van der Waals surface area contributed by atoms with Crippen LogP contribution in [0.3, 0.4) is 0 Å². The van der Waals surface area contributed by atoms with Gasteiger partial charge in [-0.2, -0.15) is 0 Å². The van der Waals surface area contributed by atoms with Crippen LogP contribution in [0, 0.1) is 0 Å². The van der Waals surface area contributed by atoms with Crippen molar-refractivity contribution in [2.75, 3.05) is 17.7 Å². The van der Waals surface area contributed by atoms with Gasteiger partial charge in [-0.3, -0.25) is 0 Å². The molecule has 106 valence electrons. The first-order chi connectivity index (χ1) is 9.60. The number of rotatable bonds is 5. The van der Waals surface area contributed by atoms with Crippen molar-refractivity contribution in [2.24, 2.45) is 0 Å². The van der Waals surface area contributed by atoms with E-state index in [1.54, 1.807) is 0 Å². The minimum atomic E-state index is 0.537. The minimum Gasteiger partial charge on any atom is -0.494 e. The van der Waals surface area contributed by atoms with Crippen molar-refractivity contribution in [1.82, 2.24) is 0 Å². The van der Waals surface area contributed by atoms with E-state index in [0.717, 1.165) is 17.1 Å². The Morgan fingerprint density at radius 1 is 1.10 bits per heavy atom. The van der Waals surface area contributed by atoms with E-state index in [1.165, 1.54) is 5.56 Å². The molecule has 0 heterocycles. The van der Waals surface area contributed by atoms with Crippen molar-refractivity contribution in [3.63, 3.8) is 0 Å². The van der Waals surface area contributed by atoms with E-state index in [2.05, 4.69) is 43.4 Å². The van der Waals surface area contributed by atoms with E-state index >= 15 is 0 Å². The minimum absolute atomic E-state index is 0.537. The topological polar surface area (TPSA) is 47.3 Å². The molecule has 3 nitrogen and oxygen atoms in total. The van der Waals surface area contributed by atoms with E-state index in [9.17, 15) is 0 Å². The summed E-state index contributed by atoms with van der Waals surface area (Å²) < 4.78 is 5.49. The maximum absolute atomic E-state index is 5.99. The molecule has 0 radical (unpaired) electrons. The van der Waals surface area contributed by atoms with Crippen LogP contribution in [0.5, 0.6) is 5.75 Å². The summed E-state index contributed by atoms with van der Waals surface area (Å²) in [6.45, 7) is 6.98. The largest absolute Gasteiger partial charge is 0.494 e. The van der Waals surface area contributed by atoms with E-state index in [-0.39, 0.29) is 0 Å². The molecule has 2 aromatic rings. The second-order valence-corrected chi connectivity index (χ2v) is 5.08. The molecular formula is C17H22N2O. The molecule has 0 unspecified atom stereocenters. The molecule has 0 aliphatic carbocycles. The van der Waals surface area contributed by atoms with E-state index in [0.29, 0.717) is 18.2 Å². The predicted molar refractivity (Wildman–Crippen MR) is 85.8 cm³/mol. The zero-order valence-electron chi connectivity index (χ0n) is 12.3. The van der Waals surface area contributed by atoms with Crippen LogP contribution < -0.4 is 15.8 Å². The van der Waals surface area contributed by atoms with Gasteiger partial charge in [-0.05, 0) is 42.7 Å². The van der Waals surface area contributed by atoms with Crippen LogP contribution in [0.1, 0.15) is 32.3 Å². The molecule has 20 heavy (non-hydrogen) atoms. The highest BCUT2D eigenvalue weighted by atomic mass is 16.5. The summed E-state index contributed by atoms with van der Waals surface area (Å²) in [6.07, 6.45) is 0. The molecule has 0 amide bonds. The fourth-order valence-electron chi connectivity index (χ4n) is 2.01. The van der Waals surface area contributed by atoms with E-state index < -0.39 is 0 Å². The first-order valence-electron chi connectivity index (χ1n) is 6.99. The van der Waals surface area contributed by atoms with Gasteiger partial charge in [0.25, 0.3) is 0 Å². The van der Waals surface area contributed by atoms with Crippen LogP contribution in [-0.2, 0) is 0 Å². The monoisotopic (exact) mass is 270 g/mol. The highest BCUT2D eigenvalue weighted by Crippen LogP contribution is 2.28. The quantitative estimate of drug-likeness (QED) is 0.784. The zero-order chi connectivity index (χ0) is 14.5. The number of hydrogen-bond acceptors (Lipinski definition) is 3. The average molecular weight is 270 g/mol. The molecule has 0 spiro atoms. The van der Waals surface area contributed by atoms with Gasteiger partial charge < -0.3 is 15.8 Å². The molecule has 0 bridgehead atoms. The van der Waals surface area contributed by atoms with Crippen molar-refractivity contribution in [2.45, 2.75) is 26.7 Å². The summed E-state index contributed by atoms with van der Waals surface area (Å²) in [5, 5.41) is 3.33. The van der Waals surface area contributed by atoms with Gasteiger partial charge in [0.2, 0.25) is 0 Å². The van der Waals surface area contributed by atoms with Crippen LogP contribution >= 0.6 is 0 Å². The predicted octanol–water partition coefficient (Wildman–Crippen LogP) is 4.53. The van der Waals surface area contributed by atoms with Crippen LogP contribution in [0.15, 0.2) is 42.5 Å². The number of benzene rings is 2. The van der Waals surface area contributed by atoms with Gasteiger partial charge in [-0.25, -0.2) is 0 Å². The van der Waals surface area contributed by atoms with Gasteiger partial charge in [0, 0.05) is 11.8 Å². The molecule has 3 heteroatoms. The van der Waals surface area contributed by atoms with Crippen LogP contribution in [0.4, 0.5) is 17.1 Å². The Balaban J connectivity index is 2.18. The van der Waals surface area contributed by atoms with Crippen molar-refractivity contribution >= 4 is 17.1 Å². The zero-order valence-corrected chi connectivity index (χ0v) is 12.3. The van der Waals surface area contributed by atoms with Crippen molar-refractivity contribution in [3.05, 3.63) is 48.0 Å². The van der Waals surface area contributed by atoms with E-state index in [1.807, 2.05) is 25.1 Å². The van der Waals surface area contributed by atoms with Gasteiger partial charge in [0.15, 0.2) is 0 Å². The molecular weight excluding hydrogens is 248 g/mol. The Labute approximate surface area is 120 Å². The first-order valence-corrected chi connectivity index (χ1v) is 6.99. The van der Waals surface area contributed by atoms with Gasteiger partial charge in [0.1, 0.15) is 5.75 Å². The maximum Gasteiger partial charge on any atom is 0.121 e. The SMILES string of the molecule is CCOc1ccc(N)c(Nc2ccc(C(C)C)cc2)c1. The van der Waals surface area contributed by atoms with Crippen molar-refractivity contribution in [3.8, 4) is 5.75 Å². The highest BCUT2D eigenvalue weighted by Gasteiger charge is 2.04. The Morgan fingerprint density at radius 3 is 2.40 bits per heavy atom. The van der Waals surface area contributed by atoms with Crippen molar-refractivity contribution < 1.29 is 4.74 Å². The normalized spacial score (nSPS) is 10.6. The lowest BCUT2D eigenvalue weighted by molar-refractivity contribution is 0.340. The number of nitrogen functional groups attached to an aromatic ring is 1. The maximum atomic E-state index is 5.99. The second kappa shape index (κ2) is 6.33. The highest BCUT2D eigenvalue weighted by molar-refractivity contribution is 5.74. The molecule has 0 saturated carbocycles. The second-order valence-electron chi connectivity index (χ2n) is 5.08. The number of nitrogens with one attached hydrogen (secondary N) is 1.